The van der Waals surface area contributed by atoms with Crippen molar-refractivity contribution < 1.29 is 8.42 Å². The highest BCUT2D eigenvalue weighted by Crippen LogP contribution is 2.27. The van der Waals surface area contributed by atoms with Gasteiger partial charge in [0.25, 0.3) is 0 Å². The average Bonchev–Trinajstić information content (AvgIpc) is 2.45. The van der Waals surface area contributed by atoms with Gasteiger partial charge in [0.15, 0.2) is 9.84 Å². The van der Waals surface area contributed by atoms with Gasteiger partial charge in [-0.05, 0) is 24.5 Å². The first-order valence-corrected chi connectivity index (χ1v) is 7.74. The Bertz CT molecular complexity index is 500. The highest BCUT2D eigenvalue weighted by Gasteiger charge is 2.39. The Morgan fingerprint density at radius 3 is 2.62 bits per heavy atom. The Morgan fingerprint density at radius 1 is 1.38 bits per heavy atom. The molecule has 0 bridgehead atoms. The molecule has 1 aromatic carbocycles. The summed E-state index contributed by atoms with van der Waals surface area (Å²) in [5.74, 6) is 0.315. The summed E-state index contributed by atoms with van der Waals surface area (Å²) in [5.41, 5.74) is 6.61. The van der Waals surface area contributed by atoms with E-state index in [-0.39, 0.29) is 11.5 Å². The number of rotatable bonds is 2. The monoisotopic (exact) mass is 303 g/mol. The van der Waals surface area contributed by atoms with Gasteiger partial charge in [-0.15, -0.1) is 0 Å². The first-order valence-electron chi connectivity index (χ1n) is 5.13. The van der Waals surface area contributed by atoms with Gasteiger partial charge in [-0.2, -0.15) is 0 Å². The minimum absolute atomic E-state index is 0.0985. The molecule has 0 spiro atoms. The molecule has 1 aliphatic heterocycles. The van der Waals surface area contributed by atoms with E-state index >= 15 is 0 Å². The van der Waals surface area contributed by atoms with Crippen LogP contribution in [0.2, 0.25) is 0 Å². The summed E-state index contributed by atoms with van der Waals surface area (Å²) >= 11 is 3.45. The van der Waals surface area contributed by atoms with Crippen molar-refractivity contribution in [2.24, 2.45) is 5.73 Å². The maximum atomic E-state index is 11.4. The predicted molar refractivity (Wildman–Crippen MR) is 68.0 cm³/mol. The molecule has 2 N–H and O–H groups in total. The molecule has 1 heterocycles. The quantitative estimate of drug-likeness (QED) is 0.901. The summed E-state index contributed by atoms with van der Waals surface area (Å²) in [6.07, 6.45) is 1.16. The molecule has 3 nitrogen and oxygen atoms in total. The van der Waals surface area contributed by atoms with Crippen molar-refractivity contribution in [1.82, 2.24) is 0 Å². The second-order valence-electron chi connectivity index (χ2n) is 4.47. The highest BCUT2D eigenvalue weighted by molar-refractivity contribution is 9.10. The second-order valence-corrected chi connectivity index (χ2v) is 7.51. The Kier molecular flexibility index (Phi) is 3.11. The lowest BCUT2D eigenvalue weighted by molar-refractivity contribution is 0.476. The third-order valence-electron chi connectivity index (χ3n) is 2.92. The van der Waals surface area contributed by atoms with Crippen LogP contribution in [0.25, 0.3) is 0 Å². The van der Waals surface area contributed by atoms with E-state index in [0.29, 0.717) is 12.8 Å². The molecule has 88 valence electrons. The van der Waals surface area contributed by atoms with Crippen LogP contribution < -0.4 is 5.73 Å². The number of halogens is 1. The van der Waals surface area contributed by atoms with Crippen molar-refractivity contribution >= 4 is 25.8 Å². The molecule has 1 fully saturated rings. The molecule has 1 saturated heterocycles. The van der Waals surface area contributed by atoms with Gasteiger partial charge in [-0.1, -0.05) is 34.1 Å². The van der Waals surface area contributed by atoms with Gasteiger partial charge in [0.1, 0.15) is 0 Å². The number of sulfone groups is 1. The van der Waals surface area contributed by atoms with Crippen molar-refractivity contribution in [3.63, 3.8) is 0 Å². The van der Waals surface area contributed by atoms with Crippen molar-refractivity contribution in [2.75, 3.05) is 11.5 Å². The van der Waals surface area contributed by atoms with Crippen molar-refractivity contribution in [2.45, 2.75) is 18.4 Å². The average molecular weight is 304 g/mol. The van der Waals surface area contributed by atoms with Gasteiger partial charge in [0.2, 0.25) is 0 Å². The first-order chi connectivity index (χ1) is 7.40. The smallest absolute Gasteiger partial charge is 0.152 e. The van der Waals surface area contributed by atoms with Gasteiger partial charge < -0.3 is 5.73 Å². The summed E-state index contributed by atoms with van der Waals surface area (Å²) in [4.78, 5) is 0. The highest BCUT2D eigenvalue weighted by atomic mass is 79.9. The third kappa shape index (κ3) is 2.64. The van der Waals surface area contributed by atoms with Crippen LogP contribution in [0.4, 0.5) is 0 Å². The van der Waals surface area contributed by atoms with Gasteiger partial charge in [-0.3, -0.25) is 0 Å². The van der Waals surface area contributed by atoms with E-state index in [4.69, 9.17) is 5.73 Å². The van der Waals surface area contributed by atoms with E-state index < -0.39 is 15.4 Å². The molecular formula is C11H14BrNO2S. The Morgan fingerprint density at radius 2 is 2.06 bits per heavy atom. The largest absolute Gasteiger partial charge is 0.324 e. The summed E-state index contributed by atoms with van der Waals surface area (Å²) in [5, 5.41) is 0. The number of hydrogen-bond donors (Lipinski definition) is 1. The lowest BCUT2D eigenvalue weighted by Crippen LogP contribution is -2.43. The maximum absolute atomic E-state index is 11.4. The second kappa shape index (κ2) is 4.13. The number of hydrogen-bond acceptors (Lipinski definition) is 3. The normalized spacial score (nSPS) is 28.1. The minimum Gasteiger partial charge on any atom is -0.324 e. The lowest BCUT2D eigenvalue weighted by Gasteiger charge is -2.22. The van der Waals surface area contributed by atoms with E-state index in [1.807, 2.05) is 24.3 Å². The predicted octanol–water partition coefficient (Wildman–Crippen LogP) is 1.51. The molecule has 5 heteroatoms. The summed E-state index contributed by atoms with van der Waals surface area (Å²) in [6, 6.07) is 7.79. The Balaban J connectivity index is 2.20. The fourth-order valence-corrected chi connectivity index (χ4v) is 4.51. The van der Waals surface area contributed by atoms with Crippen molar-refractivity contribution in [3.05, 3.63) is 34.3 Å². The van der Waals surface area contributed by atoms with Crippen LogP contribution in [-0.2, 0) is 16.3 Å². The zero-order valence-corrected chi connectivity index (χ0v) is 11.2. The Hall–Kier alpha value is -0.390. The zero-order valence-electron chi connectivity index (χ0n) is 8.82. The fourth-order valence-electron chi connectivity index (χ4n) is 2.10. The molecule has 16 heavy (non-hydrogen) atoms. The number of benzene rings is 1. The van der Waals surface area contributed by atoms with E-state index in [1.165, 1.54) is 0 Å². The van der Waals surface area contributed by atoms with E-state index in [0.717, 1.165) is 10.0 Å². The van der Waals surface area contributed by atoms with Crippen LogP contribution in [0.1, 0.15) is 12.0 Å². The van der Waals surface area contributed by atoms with Crippen LogP contribution in [-0.4, -0.2) is 25.5 Å². The van der Waals surface area contributed by atoms with E-state index in [9.17, 15) is 8.42 Å². The topological polar surface area (TPSA) is 60.2 Å². The van der Waals surface area contributed by atoms with Crippen LogP contribution in [0.3, 0.4) is 0 Å². The van der Waals surface area contributed by atoms with Crippen LogP contribution in [0.15, 0.2) is 28.7 Å². The third-order valence-corrected chi connectivity index (χ3v) is 5.53. The molecule has 0 amide bonds. The minimum atomic E-state index is -2.93. The standard InChI is InChI=1S/C11H14BrNO2S/c12-10-4-2-1-3-9(10)7-11(13)5-6-16(14,15)8-11/h1-4H,5-8,13H2. The molecule has 1 unspecified atom stereocenters. The lowest BCUT2D eigenvalue weighted by atomic mass is 9.91. The summed E-state index contributed by atoms with van der Waals surface area (Å²) in [6.45, 7) is 0. The zero-order chi connectivity index (χ0) is 11.8. The van der Waals surface area contributed by atoms with E-state index in [2.05, 4.69) is 15.9 Å². The molecule has 1 aromatic rings. The van der Waals surface area contributed by atoms with Gasteiger partial charge in [-0.25, -0.2) is 8.42 Å². The molecule has 0 aromatic heterocycles. The molecule has 1 aliphatic rings. The summed E-state index contributed by atoms with van der Waals surface area (Å²) < 4.78 is 23.8. The molecule has 0 aliphatic carbocycles. The molecular weight excluding hydrogens is 290 g/mol. The Labute approximate surface area is 104 Å². The van der Waals surface area contributed by atoms with Gasteiger partial charge >= 0.3 is 0 Å². The van der Waals surface area contributed by atoms with Crippen LogP contribution in [0, 0.1) is 0 Å². The fraction of sp³-hybridized carbons (Fsp3) is 0.455. The first kappa shape index (κ1) is 12.1. The maximum Gasteiger partial charge on any atom is 0.152 e. The van der Waals surface area contributed by atoms with Crippen LogP contribution >= 0.6 is 15.9 Å². The van der Waals surface area contributed by atoms with Gasteiger partial charge in [0.05, 0.1) is 11.5 Å². The van der Waals surface area contributed by atoms with Crippen molar-refractivity contribution in [3.8, 4) is 0 Å². The SMILES string of the molecule is NC1(Cc2ccccc2Br)CCS(=O)(=O)C1. The van der Waals surface area contributed by atoms with E-state index in [1.54, 1.807) is 0 Å². The van der Waals surface area contributed by atoms with Crippen molar-refractivity contribution in [1.29, 1.82) is 0 Å². The molecule has 0 radical (unpaired) electrons. The molecule has 1 atom stereocenters. The number of nitrogens with two attached hydrogens (primary N) is 1. The van der Waals surface area contributed by atoms with Gasteiger partial charge in [0, 0.05) is 10.0 Å². The molecule has 0 saturated carbocycles. The summed E-state index contributed by atoms with van der Waals surface area (Å²) in [7, 11) is -2.93. The molecule has 2 rings (SSSR count). The van der Waals surface area contributed by atoms with Crippen LogP contribution in [0.5, 0.6) is 0 Å².